The van der Waals surface area contributed by atoms with Crippen LogP contribution >= 0.6 is 0 Å². The van der Waals surface area contributed by atoms with Gasteiger partial charge >= 0.3 is 12.1 Å². The molecule has 1 rings (SSSR count). The maximum atomic E-state index is 13.1. The summed E-state index contributed by atoms with van der Waals surface area (Å²) in [7, 11) is 2.45. The molecule has 1 aliphatic carbocycles. The first-order valence-electron chi connectivity index (χ1n) is 6.17. The van der Waals surface area contributed by atoms with Gasteiger partial charge in [0.2, 0.25) is 5.92 Å². The minimum atomic E-state index is -2.65. The largest absolute Gasteiger partial charge is 0.469 e. The second-order valence-electron chi connectivity index (χ2n) is 4.70. The third kappa shape index (κ3) is 4.65. The lowest BCUT2D eigenvalue weighted by Gasteiger charge is -2.32. The molecule has 0 aromatic heterocycles. The molecule has 0 radical (unpaired) electrons. The van der Waals surface area contributed by atoms with Gasteiger partial charge in [-0.15, -0.1) is 0 Å². The van der Waals surface area contributed by atoms with E-state index in [0.29, 0.717) is 0 Å². The minimum Gasteiger partial charge on any atom is -0.469 e. The van der Waals surface area contributed by atoms with Crippen molar-refractivity contribution in [2.75, 3.05) is 20.8 Å². The molecule has 110 valence electrons. The van der Waals surface area contributed by atoms with Crippen LogP contribution in [0, 0.1) is 11.8 Å². The van der Waals surface area contributed by atoms with E-state index < -0.39 is 23.9 Å². The molecule has 0 spiro atoms. The number of alkyl carbamates (subject to hydrolysis) is 1. The summed E-state index contributed by atoms with van der Waals surface area (Å²) in [5.41, 5.74) is 0. The van der Waals surface area contributed by atoms with Crippen LogP contribution in [0.2, 0.25) is 0 Å². The first kappa shape index (κ1) is 15.7. The standard InChI is InChI=1S/C12H19F2NO4/c1-18-10(16)9(7-15-11(17)19-2)8-3-5-12(13,14)6-4-8/h8-9H,3-7H2,1-2H3,(H,15,17). The summed E-state index contributed by atoms with van der Waals surface area (Å²) < 4.78 is 35.3. The highest BCUT2D eigenvalue weighted by Crippen LogP contribution is 2.39. The number of nitrogens with one attached hydrogen (secondary N) is 1. The number of ether oxygens (including phenoxy) is 2. The molecule has 5 nitrogen and oxygen atoms in total. The molecule has 0 heterocycles. The van der Waals surface area contributed by atoms with Gasteiger partial charge in [0.15, 0.2) is 0 Å². The third-order valence-electron chi connectivity index (χ3n) is 3.49. The summed E-state index contributed by atoms with van der Waals surface area (Å²) in [6, 6.07) is 0. The Hall–Kier alpha value is -1.40. The number of alkyl halides is 2. The summed E-state index contributed by atoms with van der Waals surface area (Å²) in [6.07, 6.45) is -0.632. The van der Waals surface area contributed by atoms with Crippen LogP contribution in [0.3, 0.4) is 0 Å². The molecule has 0 bridgehead atoms. The fourth-order valence-electron chi connectivity index (χ4n) is 2.32. The minimum absolute atomic E-state index is 0.0373. The van der Waals surface area contributed by atoms with Gasteiger partial charge in [-0.25, -0.2) is 13.6 Å². The van der Waals surface area contributed by atoms with E-state index >= 15 is 0 Å². The lowest BCUT2D eigenvalue weighted by atomic mass is 9.78. The highest BCUT2D eigenvalue weighted by molar-refractivity contribution is 5.74. The van der Waals surface area contributed by atoms with Gasteiger partial charge in [0.25, 0.3) is 0 Å². The molecule has 1 unspecified atom stereocenters. The molecular weight excluding hydrogens is 260 g/mol. The fourth-order valence-corrected chi connectivity index (χ4v) is 2.32. The van der Waals surface area contributed by atoms with E-state index in [1.165, 1.54) is 14.2 Å². The van der Waals surface area contributed by atoms with Crippen molar-refractivity contribution in [1.29, 1.82) is 0 Å². The molecule has 1 atom stereocenters. The number of hydrogen-bond acceptors (Lipinski definition) is 4. The maximum absolute atomic E-state index is 13.1. The van der Waals surface area contributed by atoms with Crippen LogP contribution in [0.4, 0.5) is 13.6 Å². The van der Waals surface area contributed by atoms with Crippen LogP contribution in [-0.4, -0.2) is 38.7 Å². The van der Waals surface area contributed by atoms with Gasteiger partial charge in [-0.1, -0.05) is 0 Å². The Labute approximate surface area is 110 Å². The lowest BCUT2D eigenvalue weighted by Crippen LogP contribution is -2.40. The van der Waals surface area contributed by atoms with Crippen molar-refractivity contribution in [3.05, 3.63) is 0 Å². The normalized spacial score (nSPS) is 20.4. The number of esters is 1. The Kier molecular flexibility index (Phi) is 5.50. The Morgan fingerprint density at radius 3 is 2.32 bits per heavy atom. The number of carbonyl (C=O) groups is 2. The summed E-state index contributed by atoms with van der Waals surface area (Å²) >= 11 is 0. The van der Waals surface area contributed by atoms with Crippen molar-refractivity contribution < 1.29 is 27.8 Å². The van der Waals surface area contributed by atoms with Crippen molar-refractivity contribution in [3.63, 3.8) is 0 Å². The summed E-state index contributed by atoms with van der Waals surface area (Å²) in [5.74, 6) is -3.96. The first-order valence-corrected chi connectivity index (χ1v) is 6.17. The van der Waals surface area contributed by atoms with Crippen molar-refractivity contribution >= 4 is 12.1 Å². The number of amides is 1. The Bertz CT molecular complexity index is 326. The summed E-state index contributed by atoms with van der Waals surface area (Å²) in [5, 5.41) is 2.42. The van der Waals surface area contributed by atoms with E-state index in [1.54, 1.807) is 0 Å². The van der Waals surface area contributed by atoms with Crippen LogP contribution in [0.15, 0.2) is 0 Å². The monoisotopic (exact) mass is 279 g/mol. The molecule has 0 saturated heterocycles. The molecule has 0 aliphatic heterocycles. The first-order chi connectivity index (χ1) is 8.89. The van der Waals surface area contributed by atoms with Crippen molar-refractivity contribution in [2.24, 2.45) is 11.8 Å². The van der Waals surface area contributed by atoms with E-state index in [1.807, 2.05) is 0 Å². The number of hydrogen-bond donors (Lipinski definition) is 1. The van der Waals surface area contributed by atoms with Crippen LogP contribution < -0.4 is 5.32 Å². The molecular formula is C12H19F2NO4. The zero-order chi connectivity index (χ0) is 14.5. The Morgan fingerprint density at radius 1 is 1.26 bits per heavy atom. The summed E-state index contributed by atoms with van der Waals surface area (Å²) in [6.45, 7) is 0.0373. The predicted octanol–water partition coefficient (Wildman–Crippen LogP) is 1.96. The van der Waals surface area contributed by atoms with E-state index in [9.17, 15) is 18.4 Å². The van der Waals surface area contributed by atoms with Gasteiger partial charge in [-0.05, 0) is 18.8 Å². The second-order valence-corrected chi connectivity index (χ2v) is 4.70. The number of carbonyl (C=O) groups excluding carboxylic acids is 2. The molecule has 19 heavy (non-hydrogen) atoms. The smallest absolute Gasteiger partial charge is 0.406 e. The summed E-state index contributed by atoms with van der Waals surface area (Å²) in [4.78, 5) is 22.7. The topological polar surface area (TPSA) is 64.6 Å². The fraction of sp³-hybridized carbons (Fsp3) is 0.833. The van der Waals surface area contributed by atoms with Crippen molar-refractivity contribution in [3.8, 4) is 0 Å². The lowest BCUT2D eigenvalue weighted by molar-refractivity contribution is -0.149. The van der Waals surface area contributed by atoms with Crippen molar-refractivity contribution in [2.45, 2.75) is 31.6 Å². The van der Waals surface area contributed by atoms with Crippen LogP contribution in [0.1, 0.15) is 25.7 Å². The van der Waals surface area contributed by atoms with E-state index in [2.05, 4.69) is 14.8 Å². The second kappa shape index (κ2) is 6.68. The zero-order valence-corrected chi connectivity index (χ0v) is 11.1. The Balaban J connectivity index is 2.59. The van der Waals surface area contributed by atoms with Gasteiger partial charge in [-0.2, -0.15) is 0 Å². The average Bonchev–Trinajstić information content (AvgIpc) is 2.39. The van der Waals surface area contributed by atoms with Gasteiger partial charge in [0.1, 0.15) is 0 Å². The van der Waals surface area contributed by atoms with Gasteiger partial charge in [0, 0.05) is 19.4 Å². The molecule has 1 aliphatic rings. The quantitative estimate of drug-likeness (QED) is 0.799. The SMILES string of the molecule is COC(=O)NCC(C(=O)OC)C1CCC(F)(F)CC1. The van der Waals surface area contributed by atoms with E-state index in [-0.39, 0.29) is 38.1 Å². The number of methoxy groups -OCH3 is 2. The molecule has 1 N–H and O–H groups in total. The average molecular weight is 279 g/mol. The highest BCUT2D eigenvalue weighted by Gasteiger charge is 2.40. The molecule has 1 fully saturated rings. The maximum Gasteiger partial charge on any atom is 0.406 e. The number of rotatable bonds is 4. The number of halogens is 2. The van der Waals surface area contributed by atoms with E-state index in [4.69, 9.17) is 0 Å². The molecule has 1 amide bonds. The van der Waals surface area contributed by atoms with Gasteiger partial charge in [-0.3, -0.25) is 4.79 Å². The van der Waals surface area contributed by atoms with Crippen molar-refractivity contribution in [1.82, 2.24) is 5.32 Å². The zero-order valence-electron chi connectivity index (χ0n) is 11.1. The molecule has 7 heteroatoms. The predicted molar refractivity (Wildman–Crippen MR) is 62.8 cm³/mol. The van der Waals surface area contributed by atoms with Gasteiger partial charge in [0.05, 0.1) is 20.1 Å². The molecule has 0 aromatic rings. The highest BCUT2D eigenvalue weighted by atomic mass is 19.3. The van der Waals surface area contributed by atoms with Crippen LogP contribution in [0.25, 0.3) is 0 Å². The third-order valence-corrected chi connectivity index (χ3v) is 3.49. The molecule has 1 saturated carbocycles. The molecule has 0 aromatic carbocycles. The Morgan fingerprint density at radius 2 is 1.84 bits per heavy atom. The van der Waals surface area contributed by atoms with Crippen LogP contribution in [0.5, 0.6) is 0 Å². The van der Waals surface area contributed by atoms with E-state index in [0.717, 1.165) is 0 Å². The van der Waals surface area contributed by atoms with Crippen LogP contribution in [-0.2, 0) is 14.3 Å². The van der Waals surface area contributed by atoms with Gasteiger partial charge < -0.3 is 14.8 Å².